The number of morpholine rings is 1. The van der Waals surface area contributed by atoms with Gasteiger partial charge in [0.1, 0.15) is 6.10 Å². The molecule has 158 valence electrons. The summed E-state index contributed by atoms with van der Waals surface area (Å²) < 4.78 is 11.3. The molecule has 8 heteroatoms. The number of anilines is 1. The molecule has 0 saturated carbocycles. The van der Waals surface area contributed by atoms with Crippen LogP contribution in [-0.4, -0.2) is 94.5 Å². The van der Waals surface area contributed by atoms with Gasteiger partial charge in [-0.25, -0.2) is 4.79 Å². The molecular formula is C21H30N4O4. The number of para-hydroxylation sites is 1. The smallest absolute Gasteiger partial charge is 0.323 e. The maximum atomic E-state index is 12.7. The SMILES string of the molecule is CN(C)C(=O)N1CC2(COC(C(=O)NCCN3CCOCC3)C2)c2ccccc21. The highest BCUT2D eigenvalue weighted by molar-refractivity contribution is 5.95. The third-order valence-electron chi connectivity index (χ3n) is 6.10. The van der Waals surface area contributed by atoms with E-state index in [-0.39, 0.29) is 17.4 Å². The van der Waals surface area contributed by atoms with E-state index in [0.29, 0.717) is 26.1 Å². The summed E-state index contributed by atoms with van der Waals surface area (Å²) in [7, 11) is 3.51. The number of hydrogen-bond acceptors (Lipinski definition) is 5. The Kier molecular flexibility index (Phi) is 5.76. The minimum Gasteiger partial charge on any atom is -0.379 e. The Bertz CT molecular complexity index is 765. The third-order valence-corrected chi connectivity index (χ3v) is 6.10. The molecule has 1 N–H and O–H groups in total. The van der Waals surface area contributed by atoms with Crippen molar-refractivity contribution in [2.75, 3.05) is 71.5 Å². The van der Waals surface area contributed by atoms with Gasteiger partial charge in [0.05, 0.1) is 19.8 Å². The van der Waals surface area contributed by atoms with Crippen molar-refractivity contribution in [3.8, 4) is 0 Å². The number of fused-ring (bicyclic) bond motifs is 2. The van der Waals surface area contributed by atoms with Crippen LogP contribution >= 0.6 is 0 Å². The van der Waals surface area contributed by atoms with Crippen LogP contribution in [0.3, 0.4) is 0 Å². The lowest BCUT2D eigenvalue weighted by Gasteiger charge is -2.26. The summed E-state index contributed by atoms with van der Waals surface area (Å²) in [5.74, 6) is -0.0648. The molecule has 2 fully saturated rings. The topological polar surface area (TPSA) is 74.4 Å². The van der Waals surface area contributed by atoms with E-state index in [4.69, 9.17) is 9.47 Å². The van der Waals surface area contributed by atoms with Crippen LogP contribution in [0.15, 0.2) is 24.3 Å². The maximum absolute atomic E-state index is 12.7. The predicted octanol–water partition coefficient (Wildman–Crippen LogP) is 0.663. The molecule has 3 amide bonds. The van der Waals surface area contributed by atoms with Crippen molar-refractivity contribution >= 4 is 17.6 Å². The van der Waals surface area contributed by atoms with Gasteiger partial charge in [-0.05, 0) is 18.1 Å². The number of nitrogens with zero attached hydrogens (tertiary/aromatic N) is 3. The second-order valence-corrected chi connectivity index (χ2v) is 8.31. The van der Waals surface area contributed by atoms with E-state index in [9.17, 15) is 9.59 Å². The molecule has 1 aromatic rings. The number of ether oxygens (including phenoxy) is 2. The lowest BCUT2D eigenvalue weighted by Crippen LogP contribution is -2.44. The fourth-order valence-corrected chi connectivity index (χ4v) is 4.52. The average molecular weight is 402 g/mol. The van der Waals surface area contributed by atoms with Gasteiger partial charge in [-0.3, -0.25) is 14.6 Å². The highest BCUT2D eigenvalue weighted by atomic mass is 16.5. The highest BCUT2D eigenvalue weighted by Gasteiger charge is 2.51. The number of amides is 3. The third kappa shape index (κ3) is 3.97. The van der Waals surface area contributed by atoms with Crippen LogP contribution in [0.2, 0.25) is 0 Å². The van der Waals surface area contributed by atoms with Crippen molar-refractivity contribution in [1.29, 1.82) is 0 Å². The first-order chi connectivity index (χ1) is 14.0. The van der Waals surface area contributed by atoms with E-state index in [1.807, 2.05) is 18.2 Å². The quantitative estimate of drug-likeness (QED) is 0.801. The molecule has 3 aliphatic heterocycles. The van der Waals surface area contributed by atoms with Crippen LogP contribution in [0.4, 0.5) is 10.5 Å². The van der Waals surface area contributed by atoms with Crippen molar-refractivity contribution < 1.29 is 19.1 Å². The first kappa shape index (κ1) is 20.1. The van der Waals surface area contributed by atoms with Crippen LogP contribution in [0.25, 0.3) is 0 Å². The Hall–Kier alpha value is -2.16. The zero-order valence-corrected chi connectivity index (χ0v) is 17.2. The molecule has 2 saturated heterocycles. The standard InChI is InChI=1S/C21H30N4O4/c1-23(2)20(27)25-14-21(16-5-3-4-6-17(16)25)13-18(29-15-21)19(26)22-7-8-24-9-11-28-12-10-24/h3-6,18H,7-15H2,1-2H3,(H,22,26). The minimum absolute atomic E-state index is 0.0484. The van der Waals surface area contributed by atoms with E-state index in [2.05, 4.69) is 16.3 Å². The predicted molar refractivity (Wildman–Crippen MR) is 109 cm³/mol. The summed E-state index contributed by atoms with van der Waals surface area (Å²) in [4.78, 5) is 31.0. The summed E-state index contributed by atoms with van der Waals surface area (Å²) in [6, 6.07) is 7.91. The van der Waals surface area contributed by atoms with E-state index >= 15 is 0 Å². The molecule has 1 aromatic carbocycles. The van der Waals surface area contributed by atoms with Crippen molar-refractivity contribution in [1.82, 2.24) is 15.1 Å². The van der Waals surface area contributed by atoms with Gasteiger partial charge in [0.2, 0.25) is 5.91 Å². The van der Waals surface area contributed by atoms with E-state index in [0.717, 1.165) is 44.1 Å². The Balaban J connectivity index is 1.39. The largest absolute Gasteiger partial charge is 0.379 e. The van der Waals surface area contributed by atoms with Crippen LogP contribution in [0.5, 0.6) is 0 Å². The van der Waals surface area contributed by atoms with Gasteiger partial charge in [0, 0.05) is 57.9 Å². The van der Waals surface area contributed by atoms with Gasteiger partial charge in [0.15, 0.2) is 0 Å². The van der Waals surface area contributed by atoms with Crippen molar-refractivity contribution in [3.05, 3.63) is 29.8 Å². The number of carbonyl (C=O) groups is 2. The van der Waals surface area contributed by atoms with E-state index in [1.54, 1.807) is 23.9 Å². The number of carbonyl (C=O) groups excluding carboxylic acids is 2. The number of rotatable bonds is 4. The van der Waals surface area contributed by atoms with Gasteiger partial charge in [-0.1, -0.05) is 18.2 Å². The Morgan fingerprint density at radius 3 is 2.76 bits per heavy atom. The molecule has 3 heterocycles. The Labute approximate surface area is 171 Å². The normalized spacial score (nSPS) is 26.6. The summed E-state index contributed by atoms with van der Waals surface area (Å²) in [5, 5.41) is 3.02. The minimum atomic E-state index is -0.484. The Morgan fingerprint density at radius 2 is 2.00 bits per heavy atom. The molecule has 0 aromatic heterocycles. The average Bonchev–Trinajstić information content (AvgIpc) is 3.31. The zero-order valence-electron chi connectivity index (χ0n) is 17.2. The van der Waals surface area contributed by atoms with E-state index < -0.39 is 6.10 Å². The monoisotopic (exact) mass is 402 g/mol. The molecule has 0 aliphatic carbocycles. The van der Waals surface area contributed by atoms with E-state index in [1.165, 1.54) is 0 Å². The molecule has 2 atom stereocenters. The van der Waals surface area contributed by atoms with Gasteiger partial charge < -0.3 is 19.7 Å². The lowest BCUT2D eigenvalue weighted by molar-refractivity contribution is -0.130. The summed E-state index contributed by atoms with van der Waals surface area (Å²) in [5.41, 5.74) is 1.69. The van der Waals surface area contributed by atoms with Gasteiger partial charge in [0.25, 0.3) is 0 Å². The van der Waals surface area contributed by atoms with Gasteiger partial charge in [-0.2, -0.15) is 0 Å². The van der Waals surface area contributed by atoms with Crippen LogP contribution in [0, 0.1) is 0 Å². The number of nitrogens with one attached hydrogen (secondary N) is 1. The first-order valence-corrected chi connectivity index (χ1v) is 10.3. The first-order valence-electron chi connectivity index (χ1n) is 10.3. The molecule has 0 radical (unpaired) electrons. The Morgan fingerprint density at radius 1 is 1.24 bits per heavy atom. The van der Waals surface area contributed by atoms with Gasteiger partial charge >= 0.3 is 6.03 Å². The fraction of sp³-hybridized carbons (Fsp3) is 0.619. The molecule has 8 nitrogen and oxygen atoms in total. The fourth-order valence-electron chi connectivity index (χ4n) is 4.52. The van der Waals surface area contributed by atoms with Gasteiger partial charge in [-0.15, -0.1) is 0 Å². The number of urea groups is 1. The molecule has 1 spiro atoms. The summed E-state index contributed by atoms with van der Waals surface area (Å²) in [6.45, 7) is 5.74. The molecular weight excluding hydrogens is 372 g/mol. The van der Waals surface area contributed by atoms with Crippen LogP contribution in [-0.2, 0) is 19.7 Å². The maximum Gasteiger partial charge on any atom is 0.323 e. The number of hydrogen-bond donors (Lipinski definition) is 1. The summed E-state index contributed by atoms with van der Waals surface area (Å²) >= 11 is 0. The molecule has 4 rings (SSSR count). The zero-order chi connectivity index (χ0) is 20.4. The molecule has 2 unspecified atom stereocenters. The number of benzene rings is 1. The molecule has 0 bridgehead atoms. The van der Waals surface area contributed by atoms with Crippen molar-refractivity contribution in [2.24, 2.45) is 0 Å². The molecule has 29 heavy (non-hydrogen) atoms. The molecule has 3 aliphatic rings. The second kappa shape index (κ2) is 8.30. The van der Waals surface area contributed by atoms with Crippen molar-refractivity contribution in [2.45, 2.75) is 17.9 Å². The van der Waals surface area contributed by atoms with Crippen molar-refractivity contribution in [3.63, 3.8) is 0 Å². The lowest BCUT2D eigenvalue weighted by atomic mass is 9.80. The van der Waals surface area contributed by atoms with Crippen LogP contribution < -0.4 is 10.2 Å². The highest BCUT2D eigenvalue weighted by Crippen LogP contribution is 2.47. The van der Waals surface area contributed by atoms with Crippen LogP contribution in [0.1, 0.15) is 12.0 Å². The second-order valence-electron chi connectivity index (χ2n) is 8.31. The summed E-state index contributed by atoms with van der Waals surface area (Å²) in [6.07, 6.45) is 0.104.